The Bertz CT molecular complexity index is 458. The normalized spacial score (nSPS) is 10.8. The molecule has 1 amide bonds. The zero-order valence-corrected chi connectivity index (χ0v) is 11.7. The molecular formula is C12H20N4O4. The van der Waals surface area contributed by atoms with Crippen molar-refractivity contribution >= 4 is 11.7 Å². The fraction of sp³-hybridized carbons (Fsp3) is 0.667. The Hall–Kier alpha value is -1.96. The molecule has 0 aliphatic heterocycles. The summed E-state index contributed by atoms with van der Waals surface area (Å²) in [6.07, 6.45) is 3.44. The molecule has 112 valence electrons. The highest BCUT2D eigenvalue weighted by atomic mass is 16.6. The van der Waals surface area contributed by atoms with Crippen molar-refractivity contribution in [2.45, 2.75) is 39.3 Å². The predicted molar refractivity (Wildman–Crippen MR) is 72.1 cm³/mol. The van der Waals surface area contributed by atoms with Gasteiger partial charge in [0.15, 0.2) is 0 Å². The second-order valence-electron chi connectivity index (χ2n) is 4.73. The number of aliphatic hydroxyl groups excluding tert-OH is 1. The SMILES string of the molecule is CC(C)N(CCCO)C(=O)CCn1cnc([N+](=O)[O-])c1. The number of amides is 1. The second-order valence-corrected chi connectivity index (χ2v) is 4.73. The van der Waals surface area contributed by atoms with Crippen LogP contribution < -0.4 is 0 Å². The summed E-state index contributed by atoms with van der Waals surface area (Å²) in [4.78, 5) is 27.3. The first kappa shape index (κ1) is 16.1. The van der Waals surface area contributed by atoms with Crippen LogP contribution in [0.2, 0.25) is 0 Å². The lowest BCUT2D eigenvalue weighted by molar-refractivity contribution is -0.389. The maximum Gasteiger partial charge on any atom is 0.381 e. The molecule has 1 rings (SSSR count). The van der Waals surface area contributed by atoms with E-state index in [9.17, 15) is 14.9 Å². The fourth-order valence-corrected chi connectivity index (χ4v) is 1.85. The van der Waals surface area contributed by atoms with E-state index in [4.69, 9.17) is 5.11 Å². The average Bonchev–Trinajstić information content (AvgIpc) is 2.85. The molecule has 0 radical (unpaired) electrons. The van der Waals surface area contributed by atoms with E-state index in [1.165, 1.54) is 17.1 Å². The van der Waals surface area contributed by atoms with Crippen molar-refractivity contribution in [2.24, 2.45) is 0 Å². The van der Waals surface area contributed by atoms with Crippen molar-refractivity contribution in [1.29, 1.82) is 0 Å². The molecule has 0 spiro atoms. The molecule has 0 fully saturated rings. The first-order chi connectivity index (χ1) is 9.45. The van der Waals surface area contributed by atoms with E-state index in [0.29, 0.717) is 19.5 Å². The highest BCUT2D eigenvalue weighted by molar-refractivity contribution is 5.76. The minimum atomic E-state index is -0.569. The van der Waals surface area contributed by atoms with Crippen LogP contribution >= 0.6 is 0 Å². The number of carbonyl (C=O) groups excluding carboxylic acids is 1. The third-order valence-electron chi connectivity index (χ3n) is 2.89. The lowest BCUT2D eigenvalue weighted by Gasteiger charge is -2.26. The van der Waals surface area contributed by atoms with Crippen molar-refractivity contribution < 1.29 is 14.8 Å². The maximum absolute atomic E-state index is 12.1. The Labute approximate surface area is 117 Å². The van der Waals surface area contributed by atoms with Crippen LogP contribution in [0.25, 0.3) is 0 Å². The minimum Gasteiger partial charge on any atom is -0.396 e. The van der Waals surface area contributed by atoms with Crippen LogP contribution in [0.4, 0.5) is 5.82 Å². The van der Waals surface area contributed by atoms with Gasteiger partial charge in [-0.2, -0.15) is 0 Å². The van der Waals surface area contributed by atoms with Crippen molar-refractivity contribution in [3.63, 3.8) is 0 Å². The minimum absolute atomic E-state index is 0.0372. The van der Waals surface area contributed by atoms with Gasteiger partial charge in [-0.05, 0) is 30.2 Å². The maximum atomic E-state index is 12.1. The van der Waals surface area contributed by atoms with Crippen LogP contribution in [0.3, 0.4) is 0 Å². The number of imidazole rings is 1. The molecule has 20 heavy (non-hydrogen) atoms. The molecule has 1 heterocycles. The van der Waals surface area contributed by atoms with Gasteiger partial charge in [0, 0.05) is 32.2 Å². The molecule has 0 bridgehead atoms. The van der Waals surface area contributed by atoms with Crippen LogP contribution in [0.5, 0.6) is 0 Å². The summed E-state index contributed by atoms with van der Waals surface area (Å²) >= 11 is 0. The molecular weight excluding hydrogens is 264 g/mol. The van der Waals surface area contributed by atoms with Crippen molar-refractivity contribution in [2.75, 3.05) is 13.2 Å². The average molecular weight is 284 g/mol. The van der Waals surface area contributed by atoms with Crippen molar-refractivity contribution in [1.82, 2.24) is 14.5 Å². The Balaban J connectivity index is 2.53. The molecule has 0 unspecified atom stereocenters. The van der Waals surface area contributed by atoms with Crippen LogP contribution in [0.15, 0.2) is 12.5 Å². The Morgan fingerprint density at radius 1 is 1.60 bits per heavy atom. The summed E-state index contributed by atoms with van der Waals surface area (Å²) in [5.41, 5.74) is 0. The largest absolute Gasteiger partial charge is 0.396 e. The highest BCUT2D eigenvalue weighted by Crippen LogP contribution is 2.08. The molecule has 1 aromatic rings. The summed E-state index contributed by atoms with van der Waals surface area (Å²) in [6, 6.07) is 0.0613. The van der Waals surface area contributed by atoms with Gasteiger partial charge < -0.3 is 24.7 Å². The lowest BCUT2D eigenvalue weighted by atomic mass is 10.2. The third kappa shape index (κ3) is 4.61. The molecule has 8 heteroatoms. The summed E-state index contributed by atoms with van der Waals surface area (Å²) in [5.74, 6) is -0.261. The zero-order valence-electron chi connectivity index (χ0n) is 11.7. The second kappa shape index (κ2) is 7.59. The van der Waals surface area contributed by atoms with E-state index < -0.39 is 4.92 Å². The Morgan fingerprint density at radius 3 is 2.80 bits per heavy atom. The Kier molecular flexibility index (Phi) is 6.10. The number of hydrogen-bond donors (Lipinski definition) is 1. The topological polar surface area (TPSA) is 102 Å². The molecule has 0 aliphatic rings. The molecule has 0 aromatic carbocycles. The molecule has 0 saturated carbocycles. The standard InChI is InChI=1S/C12H20N4O4/c1-10(2)15(5-3-7-17)12(18)4-6-14-8-11(13-9-14)16(19)20/h8-10,17H,3-7H2,1-2H3. The predicted octanol–water partition coefficient (Wildman–Crippen LogP) is 0.801. The Morgan fingerprint density at radius 2 is 2.30 bits per heavy atom. The molecule has 1 N–H and O–H groups in total. The molecule has 0 saturated heterocycles. The van der Waals surface area contributed by atoms with Gasteiger partial charge in [-0.25, -0.2) is 0 Å². The van der Waals surface area contributed by atoms with Gasteiger partial charge in [-0.15, -0.1) is 0 Å². The number of hydrogen-bond acceptors (Lipinski definition) is 5. The number of nitro groups is 1. The van der Waals surface area contributed by atoms with Crippen LogP contribution in [0.1, 0.15) is 26.7 Å². The van der Waals surface area contributed by atoms with Crippen molar-refractivity contribution in [3.8, 4) is 0 Å². The smallest absolute Gasteiger partial charge is 0.381 e. The fourth-order valence-electron chi connectivity index (χ4n) is 1.85. The van der Waals surface area contributed by atoms with Gasteiger partial charge in [-0.3, -0.25) is 4.79 Å². The van der Waals surface area contributed by atoms with Gasteiger partial charge in [-0.1, -0.05) is 0 Å². The van der Waals surface area contributed by atoms with E-state index in [-0.39, 0.29) is 30.8 Å². The summed E-state index contributed by atoms with van der Waals surface area (Å²) in [7, 11) is 0. The monoisotopic (exact) mass is 284 g/mol. The van der Waals surface area contributed by atoms with Crippen LogP contribution in [-0.2, 0) is 11.3 Å². The van der Waals surface area contributed by atoms with E-state index >= 15 is 0 Å². The van der Waals surface area contributed by atoms with Gasteiger partial charge in [0.2, 0.25) is 12.2 Å². The third-order valence-corrected chi connectivity index (χ3v) is 2.89. The lowest BCUT2D eigenvalue weighted by Crippen LogP contribution is -2.38. The summed E-state index contributed by atoms with van der Waals surface area (Å²) in [6.45, 7) is 4.73. The quantitative estimate of drug-likeness (QED) is 0.562. The first-order valence-electron chi connectivity index (χ1n) is 6.52. The molecule has 0 aliphatic carbocycles. The zero-order chi connectivity index (χ0) is 15.1. The number of aliphatic hydroxyl groups is 1. The number of aromatic nitrogens is 2. The number of rotatable bonds is 8. The van der Waals surface area contributed by atoms with Crippen molar-refractivity contribution in [3.05, 3.63) is 22.6 Å². The summed E-state index contributed by atoms with van der Waals surface area (Å²) < 4.78 is 1.53. The molecule has 0 atom stereocenters. The van der Waals surface area contributed by atoms with Gasteiger partial charge in [0.05, 0.1) is 0 Å². The van der Waals surface area contributed by atoms with Gasteiger partial charge in [0.1, 0.15) is 6.20 Å². The van der Waals surface area contributed by atoms with Gasteiger partial charge >= 0.3 is 5.82 Å². The van der Waals surface area contributed by atoms with Crippen LogP contribution in [-0.4, -0.2) is 49.6 Å². The van der Waals surface area contributed by atoms with E-state index in [1.807, 2.05) is 13.8 Å². The summed E-state index contributed by atoms with van der Waals surface area (Å²) in [5, 5.41) is 19.3. The van der Waals surface area contributed by atoms with Crippen LogP contribution in [0, 0.1) is 10.1 Å². The van der Waals surface area contributed by atoms with E-state index in [1.54, 1.807) is 4.90 Å². The molecule has 8 nitrogen and oxygen atoms in total. The van der Waals surface area contributed by atoms with Gasteiger partial charge in [0.25, 0.3) is 0 Å². The molecule has 1 aromatic heterocycles. The number of aryl methyl sites for hydroxylation is 1. The number of carbonyl (C=O) groups is 1. The number of nitrogens with zero attached hydrogens (tertiary/aromatic N) is 4. The highest BCUT2D eigenvalue weighted by Gasteiger charge is 2.17. The van der Waals surface area contributed by atoms with E-state index in [0.717, 1.165) is 0 Å². The van der Waals surface area contributed by atoms with E-state index in [2.05, 4.69) is 4.98 Å². The first-order valence-corrected chi connectivity index (χ1v) is 6.52.